The molecule has 6 rings (SSSR count). The van der Waals surface area contributed by atoms with Crippen LogP contribution in [0.5, 0.6) is 0 Å². The van der Waals surface area contributed by atoms with Gasteiger partial charge in [0.2, 0.25) is 11.2 Å². The van der Waals surface area contributed by atoms with Crippen LogP contribution in [0.1, 0.15) is 44.5 Å². The molecule has 5 aromatic rings. The molecule has 0 spiro atoms. The van der Waals surface area contributed by atoms with Crippen molar-refractivity contribution in [2.24, 2.45) is 0 Å². The standard InChI is InChI=1S/C43H30O4/c1-46-43(47-2)41(44,31-29-37-21-11-9-19-35(37)27-25-33-15-5-3-6-16-33)39-23-13-14-24-40(39)42(43,45)32-30-38-22-12-10-20-36(38)28-26-34-17-7-4-8-18-34/h3-24,44-45H,1-2H3. The molecule has 1 aliphatic rings. The molecule has 0 saturated carbocycles. The van der Waals surface area contributed by atoms with Crippen LogP contribution >= 0.6 is 0 Å². The number of fused-ring (bicyclic) bond motifs is 1. The largest absolute Gasteiger partial charge is 0.369 e. The minimum atomic E-state index is -2.14. The fourth-order valence-corrected chi connectivity index (χ4v) is 5.74. The number of methoxy groups -OCH3 is 2. The van der Waals surface area contributed by atoms with Crippen LogP contribution in [0.3, 0.4) is 0 Å². The molecule has 0 amide bonds. The maximum atomic E-state index is 12.5. The highest BCUT2D eigenvalue weighted by molar-refractivity contribution is 5.61. The molecule has 0 saturated heterocycles. The zero-order valence-electron chi connectivity index (χ0n) is 25.9. The normalized spacial score (nSPS) is 18.5. The first-order valence-corrected chi connectivity index (χ1v) is 15.0. The highest BCUT2D eigenvalue weighted by Gasteiger charge is 2.72. The molecule has 0 bridgehead atoms. The van der Waals surface area contributed by atoms with Crippen LogP contribution in [0.2, 0.25) is 0 Å². The maximum Gasteiger partial charge on any atom is 0.259 e. The van der Waals surface area contributed by atoms with Gasteiger partial charge in [0, 0.05) is 58.7 Å². The summed E-state index contributed by atoms with van der Waals surface area (Å²) >= 11 is 0. The monoisotopic (exact) mass is 610 g/mol. The van der Waals surface area contributed by atoms with E-state index in [1.54, 1.807) is 24.3 Å². The molecule has 0 aromatic heterocycles. The van der Waals surface area contributed by atoms with E-state index in [-0.39, 0.29) is 0 Å². The highest BCUT2D eigenvalue weighted by atomic mass is 16.7. The van der Waals surface area contributed by atoms with Crippen molar-refractivity contribution in [3.05, 3.63) is 178 Å². The second-order valence-corrected chi connectivity index (χ2v) is 10.8. The van der Waals surface area contributed by atoms with Crippen LogP contribution in [0.15, 0.2) is 133 Å². The summed E-state index contributed by atoms with van der Waals surface area (Å²) in [4.78, 5) is 0. The second kappa shape index (κ2) is 13.3. The van der Waals surface area contributed by atoms with Gasteiger partial charge < -0.3 is 19.7 Å². The first kappa shape index (κ1) is 31.2. The van der Waals surface area contributed by atoms with Gasteiger partial charge >= 0.3 is 0 Å². The van der Waals surface area contributed by atoms with Crippen LogP contribution in [0, 0.1) is 47.4 Å². The van der Waals surface area contributed by atoms with Gasteiger partial charge in [-0.25, -0.2) is 0 Å². The Bertz CT molecular complexity index is 2020. The summed E-state index contributed by atoms with van der Waals surface area (Å²) in [5, 5.41) is 25.0. The second-order valence-electron chi connectivity index (χ2n) is 10.8. The number of benzene rings is 5. The van der Waals surface area contributed by atoms with Crippen LogP contribution in [0.4, 0.5) is 0 Å². The molecule has 4 heteroatoms. The average molecular weight is 611 g/mol. The Morgan fingerprint density at radius 2 is 0.723 bits per heavy atom. The lowest BCUT2D eigenvalue weighted by molar-refractivity contribution is -0.339. The Labute approximate surface area is 275 Å². The molecule has 2 unspecified atom stereocenters. The average Bonchev–Trinajstić information content (AvgIpc) is 3.29. The van der Waals surface area contributed by atoms with Crippen LogP contribution in [-0.2, 0) is 20.7 Å². The topological polar surface area (TPSA) is 58.9 Å². The van der Waals surface area contributed by atoms with E-state index in [2.05, 4.69) is 47.4 Å². The molecule has 0 radical (unpaired) electrons. The lowest BCUT2D eigenvalue weighted by atomic mass is 9.85. The van der Waals surface area contributed by atoms with Gasteiger partial charge in [-0.15, -0.1) is 0 Å². The van der Waals surface area contributed by atoms with Crippen molar-refractivity contribution in [1.29, 1.82) is 0 Å². The molecule has 0 aliphatic heterocycles. The van der Waals surface area contributed by atoms with E-state index in [4.69, 9.17) is 9.47 Å². The van der Waals surface area contributed by atoms with E-state index < -0.39 is 17.0 Å². The predicted octanol–water partition coefficient (Wildman–Crippen LogP) is 5.97. The quantitative estimate of drug-likeness (QED) is 0.191. The van der Waals surface area contributed by atoms with E-state index in [9.17, 15) is 10.2 Å². The number of aliphatic hydroxyl groups is 2. The van der Waals surface area contributed by atoms with Crippen molar-refractivity contribution in [2.75, 3.05) is 14.2 Å². The Balaban J connectivity index is 1.46. The lowest BCUT2D eigenvalue weighted by Crippen LogP contribution is -2.61. The zero-order chi connectivity index (χ0) is 32.7. The van der Waals surface area contributed by atoms with Gasteiger partial charge in [-0.2, -0.15) is 0 Å². The van der Waals surface area contributed by atoms with E-state index in [1.165, 1.54) is 14.2 Å². The molecular formula is C43H30O4. The molecule has 2 atom stereocenters. The van der Waals surface area contributed by atoms with Gasteiger partial charge in [0.15, 0.2) is 0 Å². The van der Waals surface area contributed by atoms with Gasteiger partial charge in [-0.1, -0.05) is 132 Å². The van der Waals surface area contributed by atoms with Gasteiger partial charge in [0.25, 0.3) is 5.79 Å². The minimum Gasteiger partial charge on any atom is -0.369 e. The lowest BCUT2D eigenvalue weighted by Gasteiger charge is -2.42. The fraction of sp³-hybridized carbons (Fsp3) is 0.116. The third-order valence-corrected chi connectivity index (χ3v) is 8.08. The van der Waals surface area contributed by atoms with Crippen molar-refractivity contribution < 1.29 is 19.7 Å². The predicted molar refractivity (Wildman–Crippen MR) is 182 cm³/mol. The summed E-state index contributed by atoms with van der Waals surface area (Å²) in [6.45, 7) is 0. The van der Waals surface area contributed by atoms with Crippen LogP contribution in [-0.4, -0.2) is 30.2 Å². The minimum absolute atomic E-state index is 0.318. The third kappa shape index (κ3) is 5.72. The first-order chi connectivity index (χ1) is 22.9. The molecule has 226 valence electrons. The summed E-state index contributed by atoms with van der Waals surface area (Å²) in [7, 11) is 2.71. The van der Waals surface area contributed by atoms with E-state index >= 15 is 0 Å². The molecule has 1 aliphatic carbocycles. The third-order valence-electron chi connectivity index (χ3n) is 8.08. The molecule has 0 heterocycles. The Kier molecular flexibility index (Phi) is 8.80. The summed E-state index contributed by atoms with van der Waals surface area (Å²) in [6.07, 6.45) is 0. The maximum absolute atomic E-state index is 12.5. The van der Waals surface area contributed by atoms with Gasteiger partial charge in [0.05, 0.1) is 0 Å². The van der Waals surface area contributed by atoms with Crippen molar-refractivity contribution >= 4 is 0 Å². The van der Waals surface area contributed by atoms with Crippen molar-refractivity contribution in [2.45, 2.75) is 17.0 Å². The summed E-state index contributed by atoms with van der Waals surface area (Å²) in [5.74, 6) is 22.8. The molecule has 47 heavy (non-hydrogen) atoms. The van der Waals surface area contributed by atoms with Gasteiger partial charge in [0.1, 0.15) is 0 Å². The fourth-order valence-electron chi connectivity index (χ4n) is 5.74. The Hall–Kier alpha value is -5.82. The molecule has 2 N–H and O–H groups in total. The molecular weight excluding hydrogens is 580 g/mol. The number of rotatable bonds is 2. The summed E-state index contributed by atoms with van der Waals surface area (Å²) < 4.78 is 11.9. The van der Waals surface area contributed by atoms with Gasteiger partial charge in [-0.3, -0.25) is 0 Å². The zero-order valence-corrected chi connectivity index (χ0v) is 25.9. The van der Waals surface area contributed by atoms with E-state index in [0.717, 1.165) is 11.1 Å². The molecule has 4 nitrogen and oxygen atoms in total. The Morgan fingerprint density at radius 3 is 1.09 bits per heavy atom. The van der Waals surface area contributed by atoms with E-state index in [0.29, 0.717) is 33.4 Å². The van der Waals surface area contributed by atoms with Crippen LogP contribution in [0.25, 0.3) is 0 Å². The Morgan fingerprint density at radius 1 is 0.404 bits per heavy atom. The van der Waals surface area contributed by atoms with E-state index in [1.807, 2.05) is 109 Å². The number of hydrogen-bond acceptors (Lipinski definition) is 4. The number of ether oxygens (including phenoxy) is 2. The van der Waals surface area contributed by atoms with Crippen molar-refractivity contribution in [3.8, 4) is 47.4 Å². The van der Waals surface area contributed by atoms with Crippen molar-refractivity contribution in [3.63, 3.8) is 0 Å². The SMILES string of the molecule is COC1(OC)C(O)(C#Cc2ccccc2C#Cc2ccccc2)c2ccccc2C1(O)C#Cc1ccccc1C#Cc1ccccc1. The summed E-state index contributed by atoms with van der Waals surface area (Å²) in [5.41, 5.74) is 0.652. The summed E-state index contributed by atoms with van der Waals surface area (Å²) in [6, 6.07) is 41.1. The molecule has 5 aromatic carbocycles. The smallest absolute Gasteiger partial charge is 0.259 e. The highest BCUT2D eigenvalue weighted by Crippen LogP contribution is 2.56. The van der Waals surface area contributed by atoms with Crippen LogP contribution < -0.4 is 0 Å². The molecule has 0 fully saturated rings. The van der Waals surface area contributed by atoms with Crippen molar-refractivity contribution in [1.82, 2.24) is 0 Å². The van der Waals surface area contributed by atoms with Gasteiger partial charge in [-0.05, 0) is 48.5 Å². The number of hydrogen-bond donors (Lipinski definition) is 2. The first-order valence-electron chi connectivity index (χ1n) is 15.0.